The summed E-state index contributed by atoms with van der Waals surface area (Å²) in [5.74, 6) is 1.47. The molecule has 0 aliphatic carbocycles. The third-order valence-corrected chi connectivity index (χ3v) is 4.32. The standard InChI is InChI=1S/C18H30N4O3/c1-3-25-16-5-4-15(14-17(16)24-2)6-8-20-18(23)22-12-10-21(9-7-19)11-13-22/h4-5,14H,3,6-13,19H2,1-2H3,(H,20,23). The van der Waals surface area contributed by atoms with Crippen LogP contribution >= 0.6 is 0 Å². The highest BCUT2D eigenvalue weighted by atomic mass is 16.5. The van der Waals surface area contributed by atoms with Gasteiger partial charge in [0.15, 0.2) is 11.5 Å². The summed E-state index contributed by atoms with van der Waals surface area (Å²) in [6.45, 7) is 7.99. The first-order valence-corrected chi connectivity index (χ1v) is 8.92. The Labute approximate surface area is 150 Å². The van der Waals surface area contributed by atoms with Gasteiger partial charge in [-0.2, -0.15) is 0 Å². The summed E-state index contributed by atoms with van der Waals surface area (Å²) in [7, 11) is 1.63. The number of carbonyl (C=O) groups excluding carboxylic acids is 1. The molecule has 1 heterocycles. The number of ether oxygens (including phenoxy) is 2. The Hall–Kier alpha value is -1.99. The van der Waals surface area contributed by atoms with Crippen LogP contribution in [0.1, 0.15) is 12.5 Å². The van der Waals surface area contributed by atoms with Gasteiger partial charge in [0.2, 0.25) is 0 Å². The maximum atomic E-state index is 12.2. The second kappa shape index (κ2) is 10.1. The number of urea groups is 1. The quantitative estimate of drug-likeness (QED) is 0.729. The van der Waals surface area contributed by atoms with E-state index in [1.165, 1.54) is 0 Å². The molecule has 2 amide bonds. The lowest BCUT2D eigenvalue weighted by Gasteiger charge is -2.34. The minimum Gasteiger partial charge on any atom is -0.493 e. The fourth-order valence-corrected chi connectivity index (χ4v) is 2.92. The van der Waals surface area contributed by atoms with E-state index in [1.54, 1.807) is 7.11 Å². The van der Waals surface area contributed by atoms with Crippen molar-refractivity contribution in [3.8, 4) is 11.5 Å². The van der Waals surface area contributed by atoms with Crippen LogP contribution in [-0.2, 0) is 6.42 Å². The molecule has 2 rings (SSSR count). The summed E-state index contributed by atoms with van der Waals surface area (Å²) < 4.78 is 10.9. The largest absolute Gasteiger partial charge is 0.493 e. The minimum absolute atomic E-state index is 0.00491. The van der Waals surface area contributed by atoms with E-state index >= 15 is 0 Å². The topological polar surface area (TPSA) is 80.1 Å². The highest BCUT2D eigenvalue weighted by Gasteiger charge is 2.20. The molecule has 1 fully saturated rings. The fourth-order valence-electron chi connectivity index (χ4n) is 2.92. The fraction of sp³-hybridized carbons (Fsp3) is 0.611. The molecule has 0 spiro atoms. The van der Waals surface area contributed by atoms with E-state index in [1.807, 2.05) is 30.0 Å². The van der Waals surface area contributed by atoms with Gasteiger partial charge in [0.1, 0.15) is 0 Å². The number of carbonyl (C=O) groups is 1. The van der Waals surface area contributed by atoms with Crippen LogP contribution in [-0.4, -0.2) is 75.4 Å². The molecule has 0 atom stereocenters. The van der Waals surface area contributed by atoms with Crippen molar-refractivity contribution in [1.29, 1.82) is 0 Å². The lowest BCUT2D eigenvalue weighted by molar-refractivity contribution is 0.141. The van der Waals surface area contributed by atoms with Gasteiger partial charge in [0, 0.05) is 45.8 Å². The molecule has 1 saturated heterocycles. The number of nitrogens with two attached hydrogens (primary N) is 1. The molecule has 0 unspecified atom stereocenters. The second-order valence-corrected chi connectivity index (χ2v) is 6.02. The van der Waals surface area contributed by atoms with Crippen LogP contribution in [0.25, 0.3) is 0 Å². The van der Waals surface area contributed by atoms with Gasteiger partial charge in [0.05, 0.1) is 13.7 Å². The molecule has 1 aromatic carbocycles. The van der Waals surface area contributed by atoms with Crippen molar-refractivity contribution < 1.29 is 14.3 Å². The number of rotatable bonds is 8. The summed E-state index contributed by atoms with van der Waals surface area (Å²) in [5, 5.41) is 3.00. The maximum Gasteiger partial charge on any atom is 0.317 e. The molecule has 3 N–H and O–H groups in total. The molecule has 7 nitrogen and oxygen atoms in total. The van der Waals surface area contributed by atoms with E-state index in [0.717, 1.165) is 56.2 Å². The van der Waals surface area contributed by atoms with E-state index in [0.29, 0.717) is 19.7 Å². The number of nitrogens with zero attached hydrogens (tertiary/aromatic N) is 2. The summed E-state index contributed by atoms with van der Waals surface area (Å²) >= 11 is 0. The summed E-state index contributed by atoms with van der Waals surface area (Å²) in [6.07, 6.45) is 0.752. The van der Waals surface area contributed by atoms with Crippen molar-refractivity contribution in [3.05, 3.63) is 23.8 Å². The van der Waals surface area contributed by atoms with Crippen molar-refractivity contribution in [2.75, 3.05) is 59.5 Å². The minimum atomic E-state index is 0.00491. The van der Waals surface area contributed by atoms with E-state index < -0.39 is 0 Å². The van der Waals surface area contributed by atoms with Crippen molar-refractivity contribution in [3.63, 3.8) is 0 Å². The smallest absolute Gasteiger partial charge is 0.317 e. The Kier molecular flexibility index (Phi) is 7.81. The van der Waals surface area contributed by atoms with Crippen LogP contribution in [0.2, 0.25) is 0 Å². The van der Waals surface area contributed by atoms with Crippen LogP contribution in [0.3, 0.4) is 0 Å². The zero-order chi connectivity index (χ0) is 18.1. The van der Waals surface area contributed by atoms with Gasteiger partial charge in [-0.1, -0.05) is 6.07 Å². The van der Waals surface area contributed by atoms with Gasteiger partial charge in [-0.15, -0.1) is 0 Å². The average molecular weight is 350 g/mol. The molecule has 1 aliphatic rings. The van der Waals surface area contributed by atoms with Gasteiger partial charge >= 0.3 is 6.03 Å². The monoisotopic (exact) mass is 350 g/mol. The van der Waals surface area contributed by atoms with Crippen LogP contribution in [0, 0.1) is 0 Å². The molecule has 0 aromatic heterocycles. The van der Waals surface area contributed by atoms with Crippen LogP contribution in [0.4, 0.5) is 4.79 Å². The van der Waals surface area contributed by atoms with Gasteiger partial charge in [-0.25, -0.2) is 4.79 Å². The number of hydrogen-bond acceptors (Lipinski definition) is 5. The Bertz CT molecular complexity index is 545. The molecule has 0 saturated carbocycles. The molecular formula is C18H30N4O3. The SMILES string of the molecule is CCOc1ccc(CCNC(=O)N2CCN(CCN)CC2)cc1OC. The van der Waals surface area contributed by atoms with Gasteiger partial charge in [-0.05, 0) is 31.0 Å². The second-order valence-electron chi connectivity index (χ2n) is 6.02. The van der Waals surface area contributed by atoms with Crippen molar-refractivity contribution in [1.82, 2.24) is 15.1 Å². The maximum absolute atomic E-state index is 12.2. The summed E-state index contributed by atoms with van der Waals surface area (Å²) in [5.41, 5.74) is 6.68. The Morgan fingerprint density at radius 3 is 2.64 bits per heavy atom. The highest BCUT2D eigenvalue weighted by molar-refractivity contribution is 5.74. The van der Waals surface area contributed by atoms with E-state index in [9.17, 15) is 4.79 Å². The van der Waals surface area contributed by atoms with E-state index in [2.05, 4.69) is 10.2 Å². The van der Waals surface area contributed by atoms with E-state index in [4.69, 9.17) is 15.2 Å². The van der Waals surface area contributed by atoms with Crippen molar-refractivity contribution in [2.45, 2.75) is 13.3 Å². The first-order valence-electron chi connectivity index (χ1n) is 8.92. The first-order chi connectivity index (χ1) is 12.2. The van der Waals surface area contributed by atoms with Gasteiger partial charge < -0.3 is 25.4 Å². The van der Waals surface area contributed by atoms with Crippen molar-refractivity contribution in [2.24, 2.45) is 5.73 Å². The molecule has 140 valence electrons. The number of piperazine rings is 1. The molecule has 0 radical (unpaired) electrons. The first kappa shape index (κ1) is 19.3. The number of benzene rings is 1. The lowest BCUT2D eigenvalue weighted by Crippen LogP contribution is -2.52. The zero-order valence-electron chi connectivity index (χ0n) is 15.3. The highest BCUT2D eigenvalue weighted by Crippen LogP contribution is 2.28. The predicted octanol–water partition coefficient (Wildman–Crippen LogP) is 0.922. The Morgan fingerprint density at radius 2 is 2.00 bits per heavy atom. The van der Waals surface area contributed by atoms with Gasteiger partial charge in [0.25, 0.3) is 0 Å². The third-order valence-electron chi connectivity index (χ3n) is 4.32. The Morgan fingerprint density at radius 1 is 1.24 bits per heavy atom. The third kappa shape index (κ3) is 5.79. The molecule has 7 heteroatoms. The summed E-state index contributed by atoms with van der Waals surface area (Å²) in [4.78, 5) is 16.4. The van der Waals surface area contributed by atoms with Crippen LogP contribution in [0.5, 0.6) is 11.5 Å². The number of methoxy groups -OCH3 is 1. The van der Waals surface area contributed by atoms with Crippen molar-refractivity contribution >= 4 is 6.03 Å². The molecule has 25 heavy (non-hydrogen) atoms. The average Bonchev–Trinajstić information content (AvgIpc) is 2.63. The van der Waals surface area contributed by atoms with Gasteiger partial charge in [-0.3, -0.25) is 4.90 Å². The van der Waals surface area contributed by atoms with Crippen LogP contribution in [0.15, 0.2) is 18.2 Å². The van der Waals surface area contributed by atoms with E-state index in [-0.39, 0.29) is 6.03 Å². The number of hydrogen-bond donors (Lipinski definition) is 2. The summed E-state index contributed by atoms with van der Waals surface area (Å²) in [6, 6.07) is 5.88. The molecule has 1 aromatic rings. The predicted molar refractivity (Wildman–Crippen MR) is 98.3 cm³/mol. The molecule has 0 bridgehead atoms. The molecule has 1 aliphatic heterocycles. The zero-order valence-corrected chi connectivity index (χ0v) is 15.3. The lowest BCUT2D eigenvalue weighted by atomic mass is 10.1. The normalized spacial score (nSPS) is 15.1. The number of nitrogens with one attached hydrogen (secondary N) is 1. The Balaban J connectivity index is 1.76. The molecular weight excluding hydrogens is 320 g/mol. The number of amides is 2. The van der Waals surface area contributed by atoms with Crippen LogP contribution < -0.4 is 20.5 Å².